The van der Waals surface area contributed by atoms with Crippen molar-refractivity contribution in [2.24, 2.45) is 0 Å². The molecule has 2 aliphatic rings. The van der Waals surface area contributed by atoms with E-state index in [0.717, 1.165) is 12.1 Å². The van der Waals surface area contributed by atoms with Gasteiger partial charge in [-0.15, -0.1) is 0 Å². The summed E-state index contributed by atoms with van der Waals surface area (Å²) >= 11 is 0. The van der Waals surface area contributed by atoms with Crippen LogP contribution in [-0.4, -0.2) is 47.1 Å². The first-order valence-electron chi connectivity index (χ1n) is 11.5. The highest BCUT2D eigenvalue weighted by Crippen LogP contribution is 2.41. The first kappa shape index (κ1) is 26.1. The van der Waals surface area contributed by atoms with Gasteiger partial charge in [0.2, 0.25) is 0 Å². The molecule has 1 spiro atoms. The molecular weight excluding hydrogens is 449 g/mol. The minimum absolute atomic E-state index is 0.187. The number of hydrogen-bond acceptors (Lipinski definition) is 5. The molecule has 1 saturated heterocycles. The number of likely N-dealkylation sites (tertiary alicyclic amines) is 1. The van der Waals surface area contributed by atoms with Crippen molar-refractivity contribution in [2.75, 3.05) is 13.1 Å². The van der Waals surface area contributed by atoms with Gasteiger partial charge in [0.25, 0.3) is 5.91 Å². The Bertz CT molecular complexity index is 985. The van der Waals surface area contributed by atoms with Crippen LogP contribution in [0.5, 0.6) is 5.75 Å². The van der Waals surface area contributed by atoms with Gasteiger partial charge in [0.15, 0.2) is 0 Å². The van der Waals surface area contributed by atoms with Crippen LogP contribution in [0.15, 0.2) is 29.3 Å². The molecule has 0 atom stereocenters. The van der Waals surface area contributed by atoms with Crippen molar-refractivity contribution in [1.29, 1.82) is 0 Å². The molecule has 1 fully saturated rings. The molecule has 0 radical (unpaired) electrons. The number of nitrogens with one attached hydrogen (secondary N) is 1. The van der Waals surface area contributed by atoms with Gasteiger partial charge in [-0.05, 0) is 59.7 Å². The van der Waals surface area contributed by atoms with E-state index in [2.05, 4.69) is 24.1 Å². The molecule has 3 rings (SSSR count). The molecule has 1 aromatic rings. The summed E-state index contributed by atoms with van der Waals surface area (Å²) in [5.41, 5.74) is -1.76. The molecule has 1 amide bonds. The number of ether oxygens (including phenoxy) is 2. The van der Waals surface area contributed by atoms with Crippen LogP contribution in [0.2, 0.25) is 0 Å². The Balaban J connectivity index is 1.84. The molecule has 9 heteroatoms. The van der Waals surface area contributed by atoms with E-state index in [9.17, 15) is 22.8 Å². The summed E-state index contributed by atoms with van der Waals surface area (Å²) in [7, 11) is 0. The fourth-order valence-corrected chi connectivity index (χ4v) is 4.47. The molecule has 0 bridgehead atoms. The summed E-state index contributed by atoms with van der Waals surface area (Å²) in [6.45, 7) is 12.2. The molecule has 188 valence electrons. The van der Waals surface area contributed by atoms with E-state index >= 15 is 0 Å². The summed E-state index contributed by atoms with van der Waals surface area (Å²) in [4.78, 5) is 27.9. The Hall–Kier alpha value is -2.55. The van der Waals surface area contributed by atoms with Gasteiger partial charge in [-0.1, -0.05) is 0 Å². The second-order valence-electron chi connectivity index (χ2n) is 10.2. The smallest absolute Gasteiger partial charge is 0.416 e. The van der Waals surface area contributed by atoms with E-state index in [-0.39, 0.29) is 29.0 Å². The maximum atomic E-state index is 13.3. The van der Waals surface area contributed by atoms with Crippen LogP contribution in [0.4, 0.5) is 13.2 Å². The molecule has 0 unspecified atom stereocenters. The summed E-state index contributed by atoms with van der Waals surface area (Å²) < 4.78 is 51.5. The lowest BCUT2D eigenvalue weighted by Crippen LogP contribution is -2.50. The lowest BCUT2D eigenvalue weighted by atomic mass is 9.82. The third kappa shape index (κ3) is 5.56. The fraction of sp³-hybridized carbons (Fsp3) is 0.600. The van der Waals surface area contributed by atoms with Crippen molar-refractivity contribution in [3.8, 4) is 5.75 Å². The number of nitrogens with zero attached hydrogens (tertiary/aromatic N) is 1. The predicted molar refractivity (Wildman–Crippen MR) is 121 cm³/mol. The molecule has 1 aromatic carbocycles. The number of benzene rings is 1. The molecule has 1 N–H and O–H groups in total. The van der Waals surface area contributed by atoms with Crippen LogP contribution >= 0.6 is 0 Å². The number of halogens is 3. The topological polar surface area (TPSA) is 67.9 Å². The van der Waals surface area contributed by atoms with Crippen LogP contribution in [0.25, 0.3) is 0 Å². The van der Waals surface area contributed by atoms with Crippen LogP contribution in [0.1, 0.15) is 65.5 Å². The Morgan fingerprint density at radius 3 is 2.35 bits per heavy atom. The average Bonchev–Trinajstić information content (AvgIpc) is 2.94. The zero-order valence-electron chi connectivity index (χ0n) is 20.6. The third-order valence-corrected chi connectivity index (χ3v) is 6.23. The van der Waals surface area contributed by atoms with Crippen molar-refractivity contribution in [3.63, 3.8) is 0 Å². The standard InChI is InChI=1S/C25H33F3N2O4/c1-15(2)30-11-9-24(10-12-30)20(16(3)22(32)34-24)21(31)29-14-17-13-18(25(26,27)28)7-8-19(17)33-23(4,5)6/h7-8,13,15H,9-12,14H2,1-6H3,(H,29,31). The van der Waals surface area contributed by atoms with Crippen molar-refractivity contribution in [1.82, 2.24) is 10.2 Å². The first-order chi connectivity index (χ1) is 15.6. The summed E-state index contributed by atoms with van der Waals surface area (Å²) in [5, 5.41) is 2.71. The zero-order chi connectivity index (χ0) is 25.5. The Morgan fingerprint density at radius 2 is 1.82 bits per heavy atom. The molecule has 2 heterocycles. The van der Waals surface area contributed by atoms with Crippen molar-refractivity contribution < 1.29 is 32.2 Å². The Labute approximate surface area is 198 Å². The highest BCUT2D eigenvalue weighted by molar-refractivity contribution is 6.07. The molecule has 0 aromatic heterocycles. The molecule has 6 nitrogen and oxygen atoms in total. The van der Waals surface area contributed by atoms with E-state index in [0.29, 0.717) is 32.0 Å². The predicted octanol–water partition coefficient (Wildman–Crippen LogP) is 4.62. The molecular formula is C25H33F3N2O4. The highest BCUT2D eigenvalue weighted by atomic mass is 19.4. The average molecular weight is 483 g/mol. The van der Waals surface area contributed by atoms with Crippen molar-refractivity contribution in [2.45, 2.75) is 84.3 Å². The molecule has 0 aliphatic carbocycles. The number of alkyl halides is 3. The van der Waals surface area contributed by atoms with Crippen molar-refractivity contribution in [3.05, 3.63) is 40.5 Å². The van der Waals surface area contributed by atoms with E-state index < -0.39 is 34.8 Å². The van der Waals surface area contributed by atoms with Crippen LogP contribution in [0.3, 0.4) is 0 Å². The number of amides is 1. The van der Waals surface area contributed by atoms with Gasteiger partial charge in [-0.3, -0.25) is 4.79 Å². The minimum Gasteiger partial charge on any atom is -0.488 e. The van der Waals surface area contributed by atoms with Crippen LogP contribution < -0.4 is 10.1 Å². The van der Waals surface area contributed by atoms with Gasteiger partial charge in [-0.25, -0.2) is 4.79 Å². The van der Waals surface area contributed by atoms with E-state index in [1.165, 1.54) is 6.07 Å². The van der Waals surface area contributed by atoms with Gasteiger partial charge in [-0.2, -0.15) is 13.2 Å². The minimum atomic E-state index is -4.53. The number of carbonyl (C=O) groups excluding carboxylic acids is 2. The third-order valence-electron chi connectivity index (χ3n) is 6.23. The zero-order valence-corrected chi connectivity index (χ0v) is 20.6. The molecule has 34 heavy (non-hydrogen) atoms. The second-order valence-corrected chi connectivity index (χ2v) is 10.2. The Morgan fingerprint density at radius 1 is 1.21 bits per heavy atom. The SMILES string of the molecule is CC1=C(C(=O)NCc2cc(C(F)(F)F)ccc2OC(C)(C)C)C2(CCN(C(C)C)CC2)OC1=O. The van der Waals surface area contributed by atoms with Gasteiger partial charge < -0.3 is 19.7 Å². The van der Waals surface area contributed by atoms with Gasteiger partial charge >= 0.3 is 12.1 Å². The largest absolute Gasteiger partial charge is 0.488 e. The van der Waals surface area contributed by atoms with Crippen LogP contribution in [0, 0.1) is 0 Å². The fourth-order valence-electron chi connectivity index (χ4n) is 4.47. The van der Waals surface area contributed by atoms with E-state index in [1.54, 1.807) is 27.7 Å². The number of esters is 1. The number of piperidine rings is 1. The monoisotopic (exact) mass is 482 g/mol. The lowest BCUT2D eigenvalue weighted by Gasteiger charge is -2.41. The number of carbonyl (C=O) groups is 2. The highest BCUT2D eigenvalue weighted by Gasteiger charge is 2.50. The lowest BCUT2D eigenvalue weighted by molar-refractivity contribution is -0.151. The summed E-state index contributed by atoms with van der Waals surface area (Å²) in [6.07, 6.45) is -3.56. The maximum Gasteiger partial charge on any atom is 0.416 e. The van der Waals surface area contributed by atoms with Crippen LogP contribution in [-0.2, 0) is 27.0 Å². The number of hydrogen-bond donors (Lipinski definition) is 1. The maximum absolute atomic E-state index is 13.3. The quantitative estimate of drug-likeness (QED) is 0.621. The van der Waals surface area contributed by atoms with E-state index in [1.807, 2.05) is 0 Å². The summed E-state index contributed by atoms with van der Waals surface area (Å²) in [6, 6.07) is 3.54. The normalized spacial score (nSPS) is 19.1. The van der Waals surface area contributed by atoms with E-state index in [4.69, 9.17) is 9.47 Å². The molecule has 2 aliphatic heterocycles. The van der Waals surface area contributed by atoms with Gasteiger partial charge in [0.05, 0.1) is 11.1 Å². The number of rotatable bonds is 5. The Kier molecular flexibility index (Phi) is 7.09. The van der Waals surface area contributed by atoms with Gasteiger partial charge in [0.1, 0.15) is 17.0 Å². The first-order valence-corrected chi connectivity index (χ1v) is 11.5. The summed E-state index contributed by atoms with van der Waals surface area (Å²) in [5.74, 6) is -0.787. The second kappa shape index (κ2) is 9.24. The van der Waals surface area contributed by atoms with Gasteiger partial charge in [0, 0.05) is 49.7 Å². The van der Waals surface area contributed by atoms with Crippen molar-refractivity contribution >= 4 is 11.9 Å². The molecule has 0 saturated carbocycles.